The second-order valence-corrected chi connectivity index (χ2v) is 5.11. The van der Waals surface area contributed by atoms with Crippen molar-refractivity contribution in [3.05, 3.63) is 28.2 Å². The van der Waals surface area contributed by atoms with E-state index in [1.807, 2.05) is 18.2 Å². The molecule has 88 valence electrons. The lowest BCUT2D eigenvalue weighted by molar-refractivity contribution is -0.136. The fourth-order valence-corrected chi connectivity index (χ4v) is 2.62. The first-order chi connectivity index (χ1) is 7.63. The molecule has 0 aliphatic rings. The van der Waals surface area contributed by atoms with Gasteiger partial charge in [-0.2, -0.15) is 11.8 Å². The highest BCUT2D eigenvalue weighted by atomic mass is 79.9. The molecule has 0 fully saturated rings. The third-order valence-electron chi connectivity index (χ3n) is 1.97. The molecule has 16 heavy (non-hydrogen) atoms. The van der Waals surface area contributed by atoms with E-state index in [1.165, 1.54) is 0 Å². The monoisotopic (exact) mass is 304 g/mol. The van der Waals surface area contributed by atoms with Crippen LogP contribution in [0.1, 0.15) is 12.0 Å². The van der Waals surface area contributed by atoms with Gasteiger partial charge < -0.3 is 9.84 Å². The maximum Gasteiger partial charge on any atom is 0.304 e. The number of carbonyl (C=O) groups is 1. The van der Waals surface area contributed by atoms with Gasteiger partial charge in [-0.3, -0.25) is 4.79 Å². The van der Waals surface area contributed by atoms with Crippen LogP contribution < -0.4 is 4.74 Å². The summed E-state index contributed by atoms with van der Waals surface area (Å²) in [6, 6.07) is 5.78. The molecule has 0 aliphatic heterocycles. The van der Waals surface area contributed by atoms with Gasteiger partial charge in [-0.25, -0.2) is 0 Å². The van der Waals surface area contributed by atoms with Gasteiger partial charge in [0.05, 0.1) is 13.5 Å². The summed E-state index contributed by atoms with van der Waals surface area (Å²) in [4.78, 5) is 10.3. The largest absolute Gasteiger partial charge is 0.497 e. The number of carboxylic acids is 1. The molecule has 0 amide bonds. The maximum atomic E-state index is 10.3. The molecule has 0 radical (unpaired) electrons. The minimum absolute atomic E-state index is 0.201. The number of benzene rings is 1. The van der Waals surface area contributed by atoms with Gasteiger partial charge >= 0.3 is 5.97 Å². The molecule has 0 heterocycles. The Labute approximate surface area is 107 Å². The minimum Gasteiger partial charge on any atom is -0.497 e. The molecule has 1 rings (SSSR count). The summed E-state index contributed by atoms with van der Waals surface area (Å²) >= 11 is 5.06. The molecule has 0 aromatic heterocycles. The van der Waals surface area contributed by atoms with Crippen LogP contribution in [0.5, 0.6) is 5.75 Å². The van der Waals surface area contributed by atoms with Gasteiger partial charge in [-0.15, -0.1) is 0 Å². The van der Waals surface area contributed by atoms with Gasteiger partial charge in [0.1, 0.15) is 5.75 Å². The molecule has 5 heteroatoms. The summed E-state index contributed by atoms with van der Waals surface area (Å²) in [5.74, 6) is 1.47. The van der Waals surface area contributed by atoms with E-state index in [9.17, 15) is 4.79 Å². The lowest BCUT2D eigenvalue weighted by atomic mass is 10.2. The SMILES string of the molecule is COc1ccc(Br)c(CSCCC(=O)O)c1. The van der Waals surface area contributed by atoms with Crippen molar-refractivity contribution in [1.82, 2.24) is 0 Å². The van der Waals surface area contributed by atoms with Gasteiger partial charge in [-0.1, -0.05) is 15.9 Å². The van der Waals surface area contributed by atoms with Crippen molar-refractivity contribution in [3.8, 4) is 5.75 Å². The smallest absolute Gasteiger partial charge is 0.304 e. The zero-order valence-corrected chi connectivity index (χ0v) is 11.3. The highest BCUT2D eigenvalue weighted by Crippen LogP contribution is 2.26. The third-order valence-corrected chi connectivity index (χ3v) is 3.75. The van der Waals surface area contributed by atoms with Gasteiger partial charge in [0.25, 0.3) is 0 Å². The number of hydrogen-bond acceptors (Lipinski definition) is 3. The van der Waals surface area contributed by atoms with Gasteiger partial charge in [0, 0.05) is 16.0 Å². The van der Waals surface area contributed by atoms with Crippen molar-refractivity contribution in [2.75, 3.05) is 12.9 Å². The second-order valence-electron chi connectivity index (χ2n) is 3.15. The van der Waals surface area contributed by atoms with E-state index >= 15 is 0 Å². The predicted molar refractivity (Wildman–Crippen MR) is 69.1 cm³/mol. The molecule has 0 saturated heterocycles. The summed E-state index contributed by atoms with van der Waals surface area (Å²) < 4.78 is 6.15. The Kier molecular flexibility index (Phi) is 5.69. The quantitative estimate of drug-likeness (QED) is 0.820. The minimum atomic E-state index is -0.753. The van der Waals surface area contributed by atoms with Crippen molar-refractivity contribution in [2.45, 2.75) is 12.2 Å². The molecular weight excluding hydrogens is 292 g/mol. The summed E-state index contributed by atoms with van der Waals surface area (Å²) in [6.07, 6.45) is 0.201. The molecule has 0 saturated carbocycles. The van der Waals surface area contributed by atoms with Crippen LogP contribution in [0.3, 0.4) is 0 Å². The fourth-order valence-electron chi connectivity index (χ4n) is 1.13. The van der Waals surface area contributed by atoms with Crippen LogP contribution in [0.4, 0.5) is 0 Å². The topological polar surface area (TPSA) is 46.5 Å². The van der Waals surface area contributed by atoms with Crippen molar-refractivity contribution in [3.63, 3.8) is 0 Å². The number of aliphatic carboxylic acids is 1. The number of hydrogen-bond donors (Lipinski definition) is 1. The first-order valence-corrected chi connectivity index (χ1v) is 6.70. The average molecular weight is 305 g/mol. The number of rotatable bonds is 6. The molecule has 1 N–H and O–H groups in total. The zero-order valence-electron chi connectivity index (χ0n) is 8.90. The predicted octanol–water partition coefficient (Wildman–Crippen LogP) is 3.17. The van der Waals surface area contributed by atoms with E-state index in [2.05, 4.69) is 15.9 Å². The summed E-state index contributed by atoms with van der Waals surface area (Å²) in [5.41, 5.74) is 1.12. The number of thioether (sulfide) groups is 1. The molecule has 0 spiro atoms. The highest BCUT2D eigenvalue weighted by molar-refractivity contribution is 9.10. The number of carboxylic acid groups (broad SMARTS) is 1. The van der Waals surface area contributed by atoms with Crippen LogP contribution in [0.15, 0.2) is 22.7 Å². The molecule has 0 aliphatic carbocycles. The van der Waals surface area contributed by atoms with Crippen LogP contribution >= 0.6 is 27.7 Å². The molecule has 0 atom stereocenters. The van der Waals surface area contributed by atoms with Crippen molar-refractivity contribution in [1.29, 1.82) is 0 Å². The van der Waals surface area contributed by atoms with Crippen molar-refractivity contribution >= 4 is 33.7 Å². The van der Waals surface area contributed by atoms with E-state index < -0.39 is 5.97 Å². The Hall–Kier alpha value is -0.680. The Morgan fingerprint density at radius 1 is 1.56 bits per heavy atom. The van der Waals surface area contributed by atoms with E-state index in [0.29, 0.717) is 5.75 Å². The Morgan fingerprint density at radius 3 is 2.94 bits per heavy atom. The Balaban J connectivity index is 2.49. The summed E-state index contributed by atoms with van der Waals surface area (Å²) in [5, 5.41) is 8.50. The Bertz CT molecular complexity index is 368. The fraction of sp³-hybridized carbons (Fsp3) is 0.364. The normalized spacial score (nSPS) is 10.1. The van der Waals surface area contributed by atoms with Crippen LogP contribution in [-0.4, -0.2) is 23.9 Å². The second kappa shape index (κ2) is 6.81. The molecular formula is C11H13BrO3S. The number of halogens is 1. The van der Waals surface area contributed by atoms with Crippen molar-refractivity contribution < 1.29 is 14.6 Å². The average Bonchev–Trinajstić information content (AvgIpc) is 2.26. The molecule has 1 aromatic carbocycles. The number of methoxy groups -OCH3 is 1. The van der Waals surface area contributed by atoms with E-state index in [4.69, 9.17) is 9.84 Å². The lowest BCUT2D eigenvalue weighted by Crippen LogP contribution is -1.96. The third kappa shape index (κ3) is 4.45. The van der Waals surface area contributed by atoms with Gasteiger partial charge in [-0.05, 0) is 23.8 Å². The zero-order chi connectivity index (χ0) is 12.0. The van der Waals surface area contributed by atoms with Crippen LogP contribution in [0.25, 0.3) is 0 Å². The maximum absolute atomic E-state index is 10.3. The van der Waals surface area contributed by atoms with E-state index in [1.54, 1.807) is 18.9 Å². The first kappa shape index (κ1) is 13.4. The van der Waals surface area contributed by atoms with Crippen LogP contribution in [0.2, 0.25) is 0 Å². The van der Waals surface area contributed by atoms with Crippen LogP contribution in [-0.2, 0) is 10.5 Å². The molecule has 0 unspecified atom stereocenters. The van der Waals surface area contributed by atoms with Gasteiger partial charge in [0.15, 0.2) is 0 Å². The van der Waals surface area contributed by atoms with E-state index in [-0.39, 0.29) is 6.42 Å². The summed E-state index contributed by atoms with van der Waals surface area (Å²) in [6.45, 7) is 0. The number of ether oxygens (including phenoxy) is 1. The molecule has 3 nitrogen and oxygen atoms in total. The highest BCUT2D eigenvalue weighted by Gasteiger charge is 2.03. The van der Waals surface area contributed by atoms with Crippen LogP contribution in [0, 0.1) is 0 Å². The molecule has 0 bridgehead atoms. The lowest BCUT2D eigenvalue weighted by Gasteiger charge is -2.06. The van der Waals surface area contributed by atoms with E-state index in [0.717, 1.165) is 21.5 Å². The van der Waals surface area contributed by atoms with Crippen molar-refractivity contribution in [2.24, 2.45) is 0 Å². The van der Waals surface area contributed by atoms with Gasteiger partial charge in [0.2, 0.25) is 0 Å². The first-order valence-electron chi connectivity index (χ1n) is 4.75. The summed E-state index contributed by atoms with van der Waals surface area (Å²) in [7, 11) is 1.63. The Morgan fingerprint density at radius 2 is 2.31 bits per heavy atom. The molecule has 1 aromatic rings. The standard InChI is InChI=1S/C11H13BrO3S/c1-15-9-2-3-10(12)8(6-9)7-16-5-4-11(13)14/h2-3,6H,4-5,7H2,1H3,(H,13,14).